The van der Waals surface area contributed by atoms with Crippen molar-refractivity contribution in [1.29, 1.82) is 10.5 Å². The van der Waals surface area contributed by atoms with Crippen LogP contribution in [0.25, 0.3) is 122 Å². The summed E-state index contributed by atoms with van der Waals surface area (Å²) in [6.07, 6.45) is 0. The first kappa shape index (κ1) is 68.3. The normalized spacial score (nSPS) is 13.3. The SMILES string of the molecule is CC(C)(C)c1cccc(-c2cc(-c3ccccc3)cc(-c3cccc(C#N)c3)c2C2c3cc(-n4c5ccccc5c5ccccc54)ccc3B3c4ccc(-n5c6ccccc6c6ccccc65)cc4N(c4c(-c5cccc(C#N)c5)cc(-c5ccccc5)cc4-c4cccc(C(C)(C)C)c4)c4cc(C(C)(C)C)cc2c43)c1. The molecule has 19 rings (SSSR count). The Balaban J connectivity index is 1.02. The highest BCUT2D eigenvalue weighted by Crippen LogP contribution is 2.55. The number of fused-ring (bicyclic) bond motifs is 10. The van der Waals surface area contributed by atoms with Crippen LogP contribution >= 0.6 is 0 Å². The average Bonchev–Trinajstić information content (AvgIpc) is 0.806. The minimum atomic E-state index is -0.449. The fourth-order valence-electron chi connectivity index (χ4n) is 18.1. The zero-order valence-electron chi connectivity index (χ0n) is 64.1. The lowest BCUT2D eigenvalue weighted by Gasteiger charge is -2.45. The highest BCUT2D eigenvalue weighted by molar-refractivity contribution is 6.99. The Hall–Kier alpha value is -13.3. The van der Waals surface area contributed by atoms with Gasteiger partial charge in [-0.15, -0.1) is 0 Å². The molecule has 15 aromatic carbocycles. The van der Waals surface area contributed by atoms with Gasteiger partial charge in [-0.2, -0.15) is 10.5 Å². The van der Waals surface area contributed by atoms with E-state index in [0.717, 1.165) is 123 Å². The molecule has 2 aliphatic heterocycles. The molecule has 0 amide bonds. The predicted molar refractivity (Wildman–Crippen MR) is 466 cm³/mol. The van der Waals surface area contributed by atoms with Crippen LogP contribution in [0.1, 0.15) is 113 Å². The topological polar surface area (TPSA) is 60.7 Å². The van der Waals surface area contributed by atoms with Crippen molar-refractivity contribution in [2.45, 2.75) is 84.5 Å². The van der Waals surface area contributed by atoms with Crippen molar-refractivity contribution in [3.8, 4) is 90.3 Å². The van der Waals surface area contributed by atoms with E-state index in [1.807, 2.05) is 18.2 Å². The molecular formula is C105H82BN5. The van der Waals surface area contributed by atoms with E-state index in [0.29, 0.717) is 11.1 Å². The van der Waals surface area contributed by atoms with E-state index in [2.05, 4.69) is 398 Å². The average molecular weight is 1420 g/mol. The zero-order chi connectivity index (χ0) is 75.8. The first-order valence-corrected chi connectivity index (χ1v) is 38.8. The molecule has 0 fully saturated rings. The van der Waals surface area contributed by atoms with Crippen molar-refractivity contribution in [1.82, 2.24) is 9.13 Å². The van der Waals surface area contributed by atoms with Crippen molar-refractivity contribution in [2.75, 3.05) is 4.90 Å². The molecule has 0 N–H and O–H groups in total. The predicted octanol–water partition coefficient (Wildman–Crippen LogP) is 25.3. The molecule has 0 spiro atoms. The summed E-state index contributed by atoms with van der Waals surface area (Å²) in [6, 6.07) is 127. The van der Waals surface area contributed by atoms with E-state index in [9.17, 15) is 10.5 Å². The first-order valence-electron chi connectivity index (χ1n) is 38.8. The van der Waals surface area contributed by atoms with E-state index in [1.54, 1.807) is 0 Å². The standard InChI is InChI=1S/C105H82BN5/c1-103(2,3)76-38-26-36-72(54-76)86-57-74(68-30-12-10-13-31-68)56-85(70-34-24-28-66(52-70)64-107)99(86)100-89-62-79(109-93-44-20-16-40-81(93)82-41-17-21-45-94(82)109)48-50-91(89)106-92-51-49-80(110-95-46-22-18-42-83(95)84-43-19-23-47-96(84)110)63-97(92)111(98-61-78(105(7,8)9)60-90(100)101(98)106)102-87(71-35-25-29-67(53-71)65-108)58-75(69-32-14-11-15-33-69)59-88(102)73-37-27-39-77(55-73)104(4,5)6/h10-63,100H,1-9H3. The molecule has 1 unspecified atom stereocenters. The molecule has 6 heteroatoms. The maximum absolute atomic E-state index is 11.1. The number of para-hydroxylation sites is 4. The van der Waals surface area contributed by atoms with Gasteiger partial charge in [0, 0.05) is 61.3 Å². The summed E-state index contributed by atoms with van der Waals surface area (Å²) in [4.78, 5) is 2.68. The third-order valence-electron chi connectivity index (χ3n) is 23.5. The molecule has 0 aliphatic carbocycles. The molecule has 2 aliphatic rings. The van der Waals surface area contributed by atoms with Gasteiger partial charge in [0.2, 0.25) is 6.71 Å². The van der Waals surface area contributed by atoms with E-state index in [4.69, 9.17) is 0 Å². The number of anilines is 3. The smallest absolute Gasteiger partial charge is 0.247 e. The van der Waals surface area contributed by atoms with E-state index in [1.165, 1.54) is 65.8 Å². The number of rotatable bonds is 10. The van der Waals surface area contributed by atoms with Crippen molar-refractivity contribution in [3.05, 3.63) is 372 Å². The van der Waals surface area contributed by atoms with Gasteiger partial charge in [-0.3, -0.25) is 0 Å². The van der Waals surface area contributed by atoms with Crippen molar-refractivity contribution in [2.24, 2.45) is 0 Å². The lowest BCUT2D eigenvalue weighted by Crippen LogP contribution is -2.62. The largest absolute Gasteiger partial charge is 0.310 e. The molecule has 2 aromatic heterocycles. The fraction of sp³-hybridized carbons (Fsp3) is 0.124. The van der Waals surface area contributed by atoms with Gasteiger partial charge in [0.05, 0.1) is 51.0 Å². The van der Waals surface area contributed by atoms with E-state index >= 15 is 0 Å². The van der Waals surface area contributed by atoms with E-state index < -0.39 is 11.3 Å². The molecule has 4 heterocycles. The molecule has 17 aromatic rings. The van der Waals surface area contributed by atoms with Crippen LogP contribution in [0.5, 0.6) is 0 Å². The first-order chi connectivity index (χ1) is 53.9. The highest BCUT2D eigenvalue weighted by atomic mass is 15.2. The summed E-state index contributed by atoms with van der Waals surface area (Å²) in [7, 11) is 0. The van der Waals surface area contributed by atoms with Crippen LogP contribution in [0.4, 0.5) is 17.1 Å². The lowest BCUT2D eigenvalue weighted by atomic mass is 9.31. The molecular weight excluding hydrogens is 1340 g/mol. The molecule has 5 nitrogen and oxygen atoms in total. The van der Waals surface area contributed by atoms with Gasteiger partial charge < -0.3 is 14.0 Å². The quantitative estimate of drug-likeness (QED) is 0.128. The summed E-state index contributed by atoms with van der Waals surface area (Å²) in [5, 5.41) is 26.9. The van der Waals surface area contributed by atoms with Gasteiger partial charge in [0.25, 0.3) is 0 Å². The zero-order valence-corrected chi connectivity index (χ0v) is 64.1. The Morgan fingerprint density at radius 2 is 0.685 bits per heavy atom. The van der Waals surface area contributed by atoms with Crippen LogP contribution < -0.4 is 21.3 Å². The number of benzene rings is 15. The number of aromatic nitrogens is 2. The van der Waals surface area contributed by atoms with Gasteiger partial charge in [0.15, 0.2) is 0 Å². The molecule has 1 atom stereocenters. The van der Waals surface area contributed by atoms with Gasteiger partial charge in [-0.05, 0) is 219 Å². The van der Waals surface area contributed by atoms with Crippen LogP contribution in [-0.4, -0.2) is 15.8 Å². The van der Waals surface area contributed by atoms with Gasteiger partial charge in [-0.1, -0.05) is 292 Å². The van der Waals surface area contributed by atoms with Crippen molar-refractivity contribution < 1.29 is 0 Å². The number of hydrogen-bond donors (Lipinski definition) is 0. The molecule has 530 valence electrons. The van der Waals surface area contributed by atoms with Gasteiger partial charge in [0.1, 0.15) is 0 Å². The fourth-order valence-corrected chi connectivity index (χ4v) is 18.1. The van der Waals surface area contributed by atoms with Crippen LogP contribution in [-0.2, 0) is 16.2 Å². The summed E-state index contributed by atoms with van der Waals surface area (Å²) in [6.45, 7) is 20.7. The Labute approximate surface area is 651 Å². The van der Waals surface area contributed by atoms with Crippen LogP contribution in [0, 0.1) is 22.7 Å². The molecule has 0 radical (unpaired) electrons. The van der Waals surface area contributed by atoms with Crippen LogP contribution in [0.3, 0.4) is 0 Å². The second kappa shape index (κ2) is 26.3. The number of nitrogens with zero attached hydrogens (tertiary/aromatic N) is 5. The maximum Gasteiger partial charge on any atom is 0.247 e. The second-order valence-corrected chi connectivity index (χ2v) is 33.4. The minimum Gasteiger partial charge on any atom is -0.310 e. The lowest BCUT2D eigenvalue weighted by molar-refractivity contribution is 0.589. The van der Waals surface area contributed by atoms with Crippen LogP contribution in [0.2, 0.25) is 0 Å². The third-order valence-corrected chi connectivity index (χ3v) is 23.5. The van der Waals surface area contributed by atoms with Gasteiger partial charge >= 0.3 is 0 Å². The summed E-state index contributed by atoms with van der Waals surface area (Å²) < 4.78 is 4.96. The molecule has 111 heavy (non-hydrogen) atoms. The van der Waals surface area contributed by atoms with Crippen molar-refractivity contribution >= 4 is 83.8 Å². The summed E-state index contributed by atoms with van der Waals surface area (Å²) in [5.41, 5.74) is 33.6. The Bertz CT molecular complexity index is 6250. The molecule has 0 saturated heterocycles. The molecule has 0 bridgehead atoms. The number of hydrogen-bond acceptors (Lipinski definition) is 3. The van der Waals surface area contributed by atoms with Gasteiger partial charge in [-0.25, -0.2) is 0 Å². The van der Waals surface area contributed by atoms with E-state index in [-0.39, 0.29) is 17.5 Å². The minimum absolute atomic E-state index is 0.182. The second-order valence-electron chi connectivity index (χ2n) is 33.4. The van der Waals surface area contributed by atoms with Crippen LogP contribution in [0.15, 0.2) is 328 Å². The highest BCUT2D eigenvalue weighted by Gasteiger charge is 2.47. The number of nitriles is 2. The Kier molecular flexibility index (Phi) is 16.2. The Morgan fingerprint density at radius 3 is 1.14 bits per heavy atom. The maximum atomic E-state index is 11.1. The summed E-state index contributed by atoms with van der Waals surface area (Å²) in [5.74, 6) is -0.449. The summed E-state index contributed by atoms with van der Waals surface area (Å²) >= 11 is 0. The molecule has 0 saturated carbocycles. The van der Waals surface area contributed by atoms with Crippen molar-refractivity contribution in [3.63, 3.8) is 0 Å². The monoisotopic (exact) mass is 1420 g/mol. The Morgan fingerprint density at radius 1 is 0.297 bits per heavy atom. The third kappa shape index (κ3) is 11.5.